The summed E-state index contributed by atoms with van der Waals surface area (Å²) in [5, 5.41) is 10.4. The Kier molecular flexibility index (Phi) is 5.06. The topological polar surface area (TPSA) is 95.9 Å². The lowest BCUT2D eigenvalue weighted by Gasteiger charge is -2.24. The van der Waals surface area contributed by atoms with Crippen LogP contribution in [0.2, 0.25) is 0 Å². The molecule has 0 saturated carbocycles. The molecule has 0 atom stereocenters. The Balaban J connectivity index is 1.80. The molecule has 7 heteroatoms. The number of nitrogens with two attached hydrogens (primary N) is 1. The highest BCUT2D eigenvalue weighted by atomic mass is 19.1. The number of benzene rings is 2. The van der Waals surface area contributed by atoms with Crippen LogP contribution in [0.15, 0.2) is 73.1 Å². The first-order valence-electron chi connectivity index (χ1n) is 9.12. The Hall–Kier alpha value is -4.31. The minimum absolute atomic E-state index is 0.0652. The quantitative estimate of drug-likeness (QED) is 0.560. The van der Waals surface area contributed by atoms with Crippen molar-refractivity contribution in [2.24, 2.45) is 0 Å². The lowest BCUT2D eigenvalue weighted by atomic mass is 10.1. The Bertz CT molecular complexity index is 1280. The highest BCUT2D eigenvalue weighted by Crippen LogP contribution is 2.26. The molecule has 146 valence electrons. The smallest absolute Gasteiger partial charge is 0.260 e. The molecule has 2 aromatic heterocycles. The molecule has 0 unspecified atom stereocenters. The van der Waals surface area contributed by atoms with Crippen molar-refractivity contribution in [2.75, 3.05) is 10.6 Å². The van der Waals surface area contributed by atoms with E-state index in [1.807, 2.05) is 30.3 Å². The van der Waals surface area contributed by atoms with Gasteiger partial charge in [0.15, 0.2) is 0 Å². The number of nitrogens with zero attached hydrogens (tertiary/aromatic N) is 4. The largest absolute Gasteiger partial charge is 0.384 e. The second-order valence-corrected chi connectivity index (χ2v) is 6.67. The van der Waals surface area contributed by atoms with E-state index in [9.17, 15) is 14.4 Å². The third-order valence-electron chi connectivity index (χ3n) is 4.64. The van der Waals surface area contributed by atoms with Crippen LogP contribution in [0.5, 0.6) is 0 Å². The molecule has 2 heterocycles. The van der Waals surface area contributed by atoms with E-state index in [1.165, 1.54) is 23.2 Å². The summed E-state index contributed by atoms with van der Waals surface area (Å²) in [4.78, 5) is 23.0. The molecule has 0 aliphatic carbocycles. The van der Waals surface area contributed by atoms with Gasteiger partial charge in [-0.1, -0.05) is 12.1 Å². The number of amides is 1. The minimum atomic E-state index is -0.547. The number of carbonyl (C=O) groups is 1. The molecule has 0 aliphatic heterocycles. The van der Waals surface area contributed by atoms with Gasteiger partial charge < -0.3 is 10.6 Å². The number of hydrogen-bond donors (Lipinski definition) is 1. The Morgan fingerprint density at radius 3 is 2.73 bits per heavy atom. The standard InChI is InChI=1S/C23H16FN5O/c24-19-6-7-21(18(11-19)12-25)29(23(30)17-2-1-9-27-13-17)14-15-3-4-16-5-8-22(26)28-20(16)10-15/h1-11,13H,14H2,(H2,26,28). The average molecular weight is 397 g/mol. The van der Waals surface area contributed by atoms with Crippen molar-refractivity contribution in [1.29, 1.82) is 5.26 Å². The fourth-order valence-corrected chi connectivity index (χ4v) is 3.20. The highest BCUT2D eigenvalue weighted by Gasteiger charge is 2.22. The van der Waals surface area contributed by atoms with Gasteiger partial charge in [0.2, 0.25) is 0 Å². The molecule has 6 nitrogen and oxygen atoms in total. The molecule has 2 aromatic carbocycles. The van der Waals surface area contributed by atoms with Crippen molar-refractivity contribution in [3.63, 3.8) is 0 Å². The van der Waals surface area contributed by atoms with E-state index in [1.54, 1.807) is 24.4 Å². The molecule has 0 saturated heterocycles. The number of carbonyl (C=O) groups excluding carboxylic acids is 1. The fourth-order valence-electron chi connectivity index (χ4n) is 3.20. The molecule has 0 radical (unpaired) electrons. The second-order valence-electron chi connectivity index (χ2n) is 6.67. The summed E-state index contributed by atoms with van der Waals surface area (Å²) in [6.45, 7) is 0.153. The van der Waals surface area contributed by atoms with E-state index in [0.717, 1.165) is 17.0 Å². The van der Waals surface area contributed by atoms with Crippen molar-refractivity contribution < 1.29 is 9.18 Å². The molecule has 2 N–H and O–H groups in total. The van der Waals surface area contributed by atoms with Crippen LogP contribution in [-0.2, 0) is 6.54 Å². The van der Waals surface area contributed by atoms with Crippen LogP contribution in [0.1, 0.15) is 21.5 Å². The first kappa shape index (κ1) is 19.0. The number of pyridine rings is 2. The van der Waals surface area contributed by atoms with Gasteiger partial charge in [-0.3, -0.25) is 9.78 Å². The van der Waals surface area contributed by atoms with Crippen molar-refractivity contribution in [3.8, 4) is 6.07 Å². The normalized spacial score (nSPS) is 10.5. The van der Waals surface area contributed by atoms with Gasteiger partial charge in [-0.15, -0.1) is 0 Å². The summed E-state index contributed by atoms with van der Waals surface area (Å²) in [6, 6.07) is 18.2. The summed E-state index contributed by atoms with van der Waals surface area (Å²) in [5.74, 6) is -0.505. The van der Waals surface area contributed by atoms with Gasteiger partial charge in [0.1, 0.15) is 17.7 Å². The molecule has 4 aromatic rings. The molecule has 1 amide bonds. The molecule has 0 aliphatic rings. The van der Waals surface area contributed by atoms with Crippen LogP contribution in [0.4, 0.5) is 15.9 Å². The van der Waals surface area contributed by atoms with Gasteiger partial charge in [0.25, 0.3) is 5.91 Å². The van der Waals surface area contributed by atoms with Gasteiger partial charge in [0.05, 0.1) is 28.9 Å². The van der Waals surface area contributed by atoms with Gasteiger partial charge in [-0.25, -0.2) is 9.37 Å². The second kappa shape index (κ2) is 7.97. The maximum atomic E-state index is 13.7. The maximum Gasteiger partial charge on any atom is 0.260 e. The Labute approximate surface area is 172 Å². The average Bonchev–Trinajstić information content (AvgIpc) is 2.77. The first-order chi connectivity index (χ1) is 14.5. The number of fused-ring (bicyclic) bond motifs is 1. The zero-order valence-electron chi connectivity index (χ0n) is 15.8. The van der Waals surface area contributed by atoms with E-state index in [2.05, 4.69) is 9.97 Å². The predicted molar refractivity (Wildman–Crippen MR) is 112 cm³/mol. The van der Waals surface area contributed by atoms with Crippen LogP contribution < -0.4 is 10.6 Å². The molecule has 0 spiro atoms. The number of rotatable bonds is 4. The monoisotopic (exact) mass is 397 g/mol. The van der Waals surface area contributed by atoms with E-state index >= 15 is 0 Å². The number of hydrogen-bond acceptors (Lipinski definition) is 5. The summed E-state index contributed by atoms with van der Waals surface area (Å²) in [5.41, 5.74) is 8.00. The van der Waals surface area contributed by atoms with E-state index in [0.29, 0.717) is 22.6 Å². The van der Waals surface area contributed by atoms with Crippen molar-refractivity contribution in [2.45, 2.75) is 6.54 Å². The first-order valence-corrected chi connectivity index (χ1v) is 9.12. The summed E-state index contributed by atoms with van der Waals surface area (Å²) in [6.07, 6.45) is 3.02. The SMILES string of the molecule is N#Cc1cc(F)ccc1N(Cc1ccc2ccc(N)nc2c1)C(=O)c1cccnc1. The van der Waals surface area contributed by atoms with E-state index in [4.69, 9.17) is 5.73 Å². The summed E-state index contributed by atoms with van der Waals surface area (Å²) in [7, 11) is 0. The van der Waals surface area contributed by atoms with Crippen LogP contribution in [0.3, 0.4) is 0 Å². The Morgan fingerprint density at radius 1 is 1.13 bits per heavy atom. The van der Waals surface area contributed by atoms with Crippen LogP contribution in [-0.4, -0.2) is 15.9 Å². The van der Waals surface area contributed by atoms with Crippen LogP contribution in [0.25, 0.3) is 10.9 Å². The number of nitrogen functional groups attached to an aromatic ring is 1. The van der Waals surface area contributed by atoms with Crippen LogP contribution in [0, 0.1) is 17.1 Å². The maximum absolute atomic E-state index is 13.7. The van der Waals surface area contributed by atoms with Crippen molar-refractivity contribution >= 4 is 28.3 Å². The predicted octanol–water partition coefficient (Wildman–Crippen LogP) is 4.07. The zero-order valence-corrected chi connectivity index (χ0v) is 15.8. The van der Waals surface area contributed by atoms with Gasteiger partial charge in [-0.05, 0) is 54.1 Å². The molecule has 4 rings (SSSR count). The fraction of sp³-hybridized carbons (Fsp3) is 0.0435. The lowest BCUT2D eigenvalue weighted by molar-refractivity contribution is 0.0984. The molecule has 30 heavy (non-hydrogen) atoms. The van der Waals surface area contributed by atoms with E-state index < -0.39 is 5.82 Å². The molecular formula is C23H16FN5O. The van der Waals surface area contributed by atoms with E-state index in [-0.39, 0.29) is 18.0 Å². The number of aromatic nitrogens is 2. The van der Waals surface area contributed by atoms with Crippen molar-refractivity contribution in [1.82, 2.24) is 9.97 Å². The Morgan fingerprint density at radius 2 is 1.97 bits per heavy atom. The third kappa shape index (κ3) is 3.80. The zero-order chi connectivity index (χ0) is 21.1. The highest BCUT2D eigenvalue weighted by molar-refractivity contribution is 6.06. The molecule has 0 fully saturated rings. The van der Waals surface area contributed by atoms with Crippen molar-refractivity contribution in [3.05, 3.63) is 95.6 Å². The molecule has 0 bridgehead atoms. The third-order valence-corrected chi connectivity index (χ3v) is 4.64. The lowest BCUT2D eigenvalue weighted by Crippen LogP contribution is -2.31. The summed E-state index contributed by atoms with van der Waals surface area (Å²) < 4.78 is 13.7. The number of halogens is 1. The van der Waals surface area contributed by atoms with Gasteiger partial charge >= 0.3 is 0 Å². The van der Waals surface area contributed by atoms with Gasteiger partial charge in [-0.2, -0.15) is 5.26 Å². The van der Waals surface area contributed by atoms with Crippen LogP contribution >= 0.6 is 0 Å². The summed E-state index contributed by atoms with van der Waals surface area (Å²) >= 11 is 0. The number of nitriles is 1. The van der Waals surface area contributed by atoms with Gasteiger partial charge in [0, 0.05) is 17.8 Å². The number of anilines is 2. The minimum Gasteiger partial charge on any atom is -0.384 e. The molecular weight excluding hydrogens is 381 g/mol.